The summed E-state index contributed by atoms with van der Waals surface area (Å²) in [5.41, 5.74) is 1.18. The molecule has 1 saturated heterocycles. The number of hydrogen-bond donors (Lipinski definition) is 1. The van der Waals surface area contributed by atoms with Gasteiger partial charge in [0.25, 0.3) is 0 Å². The van der Waals surface area contributed by atoms with E-state index in [1.807, 2.05) is 24.3 Å². The summed E-state index contributed by atoms with van der Waals surface area (Å²) in [6.07, 6.45) is 4.12. The highest BCUT2D eigenvalue weighted by Gasteiger charge is 2.23. The van der Waals surface area contributed by atoms with Crippen molar-refractivity contribution >= 4 is 15.8 Å². The summed E-state index contributed by atoms with van der Waals surface area (Å²) in [5, 5.41) is 5.14. The molecule has 2 heterocycles. The van der Waals surface area contributed by atoms with Gasteiger partial charge in [0, 0.05) is 25.7 Å². The molecule has 1 aliphatic heterocycles. The van der Waals surface area contributed by atoms with Gasteiger partial charge in [-0.15, -0.1) is 0 Å². The fourth-order valence-electron chi connectivity index (χ4n) is 3.09. The van der Waals surface area contributed by atoms with Crippen LogP contribution >= 0.6 is 0 Å². The van der Waals surface area contributed by atoms with Crippen molar-refractivity contribution in [3.05, 3.63) is 54.0 Å². The van der Waals surface area contributed by atoms with Crippen LogP contribution in [-0.2, 0) is 16.4 Å². The molecule has 3 rings (SSSR count). The number of benzene rings is 1. The molecule has 6 nitrogen and oxygen atoms in total. The molecule has 0 aliphatic carbocycles. The highest BCUT2D eigenvalue weighted by Crippen LogP contribution is 2.22. The van der Waals surface area contributed by atoms with Crippen LogP contribution < -0.4 is 10.0 Å². The van der Waals surface area contributed by atoms with Crippen LogP contribution in [0.15, 0.2) is 42.6 Å². The van der Waals surface area contributed by atoms with Crippen LogP contribution in [0.3, 0.4) is 0 Å². The molecule has 1 aromatic heterocycles. The van der Waals surface area contributed by atoms with Crippen molar-refractivity contribution in [2.75, 3.05) is 23.7 Å². The Balaban J connectivity index is 1.63. The van der Waals surface area contributed by atoms with Gasteiger partial charge < -0.3 is 4.90 Å². The molecular weight excluding hydrogens is 324 g/mol. The highest BCUT2D eigenvalue weighted by molar-refractivity contribution is 7.89. The fraction of sp³-hybridized carbons (Fsp3) is 0.412. The topological polar surface area (TPSA) is 89.2 Å². The average Bonchev–Trinajstić information content (AvgIpc) is 2.55. The predicted octanol–water partition coefficient (Wildman–Crippen LogP) is 1.57. The normalized spacial score (nSPS) is 16.3. The number of nitrogens with zero attached hydrogens (tertiary/aromatic N) is 3. The summed E-state index contributed by atoms with van der Waals surface area (Å²) in [6.45, 7) is 1.59. The Hall–Kier alpha value is -1.99. The summed E-state index contributed by atoms with van der Waals surface area (Å²) in [6, 6.07) is 12.1. The summed E-state index contributed by atoms with van der Waals surface area (Å²) in [5.74, 6) is 1.92. The summed E-state index contributed by atoms with van der Waals surface area (Å²) >= 11 is 0. The summed E-state index contributed by atoms with van der Waals surface area (Å²) in [4.78, 5) is 11.2. The highest BCUT2D eigenvalue weighted by atomic mass is 32.2. The quantitative estimate of drug-likeness (QED) is 0.888. The van der Waals surface area contributed by atoms with E-state index in [9.17, 15) is 8.42 Å². The van der Waals surface area contributed by atoms with E-state index in [-0.39, 0.29) is 11.7 Å². The van der Waals surface area contributed by atoms with Crippen LogP contribution in [-0.4, -0.2) is 37.2 Å². The minimum Gasteiger partial charge on any atom is -0.356 e. The van der Waals surface area contributed by atoms with E-state index in [2.05, 4.69) is 27.0 Å². The monoisotopic (exact) mass is 346 g/mol. The maximum absolute atomic E-state index is 11.2. The van der Waals surface area contributed by atoms with Gasteiger partial charge in [0.2, 0.25) is 10.0 Å². The number of piperidine rings is 1. The fourth-order valence-corrected chi connectivity index (χ4v) is 4.08. The van der Waals surface area contributed by atoms with E-state index in [1.54, 1.807) is 6.20 Å². The van der Waals surface area contributed by atoms with Crippen molar-refractivity contribution in [1.82, 2.24) is 9.97 Å². The molecule has 1 aliphatic rings. The van der Waals surface area contributed by atoms with Gasteiger partial charge >= 0.3 is 0 Å². The van der Waals surface area contributed by atoms with Crippen LogP contribution in [0.2, 0.25) is 0 Å². The van der Waals surface area contributed by atoms with E-state index in [0.29, 0.717) is 6.42 Å². The Bertz CT molecular complexity index is 772. The molecule has 0 saturated carbocycles. The largest absolute Gasteiger partial charge is 0.356 e. The maximum atomic E-state index is 11.2. The second-order valence-corrected chi connectivity index (χ2v) is 7.91. The van der Waals surface area contributed by atoms with Crippen LogP contribution in [0.5, 0.6) is 0 Å². The first-order valence-electron chi connectivity index (χ1n) is 8.11. The zero-order chi connectivity index (χ0) is 17.0. The van der Waals surface area contributed by atoms with E-state index < -0.39 is 10.0 Å². The molecule has 0 atom stereocenters. The SMILES string of the molecule is NS(=O)(=O)CC1CCN(c2ccnc(Cc3ccccc3)n2)CC1. The average molecular weight is 346 g/mol. The summed E-state index contributed by atoms with van der Waals surface area (Å²) < 4.78 is 22.4. The molecular formula is C17H22N4O2S. The minimum absolute atomic E-state index is 0.0733. The van der Waals surface area contributed by atoms with Gasteiger partial charge in [0.05, 0.1) is 5.75 Å². The molecule has 0 amide bonds. The number of aromatic nitrogens is 2. The molecule has 2 N–H and O–H groups in total. The van der Waals surface area contributed by atoms with Crippen LogP contribution in [0, 0.1) is 5.92 Å². The predicted molar refractivity (Wildman–Crippen MR) is 94.2 cm³/mol. The lowest BCUT2D eigenvalue weighted by molar-refractivity contribution is 0.434. The van der Waals surface area contributed by atoms with Crippen LogP contribution in [0.4, 0.5) is 5.82 Å². The third-order valence-electron chi connectivity index (χ3n) is 4.30. The Morgan fingerprint density at radius 2 is 1.83 bits per heavy atom. The molecule has 0 radical (unpaired) electrons. The van der Waals surface area contributed by atoms with Crippen molar-refractivity contribution < 1.29 is 8.42 Å². The van der Waals surface area contributed by atoms with E-state index in [0.717, 1.165) is 37.6 Å². The smallest absolute Gasteiger partial charge is 0.209 e. The van der Waals surface area contributed by atoms with Crippen LogP contribution in [0.25, 0.3) is 0 Å². The van der Waals surface area contributed by atoms with E-state index in [1.165, 1.54) is 5.56 Å². The zero-order valence-corrected chi connectivity index (χ0v) is 14.3. The van der Waals surface area contributed by atoms with Gasteiger partial charge in [0.1, 0.15) is 11.6 Å². The molecule has 1 fully saturated rings. The van der Waals surface area contributed by atoms with Crippen molar-refractivity contribution in [2.24, 2.45) is 11.1 Å². The minimum atomic E-state index is -3.39. The molecule has 24 heavy (non-hydrogen) atoms. The molecule has 1 aromatic carbocycles. The second kappa shape index (κ2) is 7.27. The van der Waals surface area contributed by atoms with Gasteiger partial charge in [-0.2, -0.15) is 0 Å². The lowest BCUT2D eigenvalue weighted by Crippen LogP contribution is -2.37. The molecule has 0 spiro atoms. The number of anilines is 1. The molecule has 0 unspecified atom stereocenters. The van der Waals surface area contributed by atoms with Crippen molar-refractivity contribution in [3.8, 4) is 0 Å². The number of hydrogen-bond acceptors (Lipinski definition) is 5. The maximum Gasteiger partial charge on any atom is 0.209 e. The van der Waals surface area contributed by atoms with Crippen molar-refractivity contribution in [3.63, 3.8) is 0 Å². The molecule has 7 heteroatoms. The van der Waals surface area contributed by atoms with Crippen molar-refractivity contribution in [1.29, 1.82) is 0 Å². The number of rotatable bonds is 5. The molecule has 128 valence electrons. The van der Waals surface area contributed by atoms with E-state index in [4.69, 9.17) is 5.14 Å². The number of nitrogens with two attached hydrogens (primary N) is 1. The Kier molecular flexibility index (Phi) is 5.11. The molecule has 0 bridgehead atoms. The molecule has 2 aromatic rings. The Labute approximate surface area is 142 Å². The zero-order valence-electron chi connectivity index (χ0n) is 13.5. The van der Waals surface area contributed by atoms with E-state index >= 15 is 0 Å². The van der Waals surface area contributed by atoms with Crippen molar-refractivity contribution in [2.45, 2.75) is 19.3 Å². The van der Waals surface area contributed by atoms with Gasteiger partial charge in [-0.1, -0.05) is 30.3 Å². The first kappa shape index (κ1) is 16.9. The standard InChI is InChI=1S/C17H22N4O2S/c18-24(22,23)13-15-7-10-21(11-8-15)17-6-9-19-16(20-17)12-14-4-2-1-3-5-14/h1-6,9,15H,7-8,10-13H2,(H2,18,22,23). The third-order valence-corrected chi connectivity index (χ3v) is 5.24. The lowest BCUT2D eigenvalue weighted by Gasteiger charge is -2.32. The van der Waals surface area contributed by atoms with Gasteiger partial charge in [-0.05, 0) is 30.4 Å². The lowest BCUT2D eigenvalue weighted by atomic mass is 9.99. The van der Waals surface area contributed by atoms with Gasteiger partial charge in [0.15, 0.2) is 0 Å². The first-order chi connectivity index (χ1) is 11.5. The summed E-state index contributed by atoms with van der Waals surface area (Å²) in [7, 11) is -3.39. The number of primary sulfonamides is 1. The van der Waals surface area contributed by atoms with Gasteiger partial charge in [-0.3, -0.25) is 0 Å². The third kappa shape index (κ3) is 4.75. The van der Waals surface area contributed by atoms with Crippen LogP contribution in [0.1, 0.15) is 24.2 Å². The second-order valence-electron chi connectivity index (χ2n) is 6.25. The van der Waals surface area contributed by atoms with Gasteiger partial charge in [-0.25, -0.2) is 23.5 Å². The Morgan fingerprint density at radius 3 is 2.50 bits per heavy atom. The number of sulfonamides is 1. The Morgan fingerprint density at radius 1 is 1.12 bits per heavy atom. The first-order valence-corrected chi connectivity index (χ1v) is 9.82.